The Morgan fingerprint density at radius 3 is 2.37 bits per heavy atom. The molecule has 0 saturated heterocycles. The van der Waals surface area contributed by atoms with E-state index in [-0.39, 0.29) is 5.91 Å². The van der Waals surface area contributed by atoms with Crippen LogP contribution < -0.4 is 15.2 Å². The molecule has 0 atom stereocenters. The van der Waals surface area contributed by atoms with E-state index in [1.807, 2.05) is 42.6 Å². The van der Waals surface area contributed by atoms with Crippen LogP contribution in [-0.2, 0) is 13.2 Å². The third-order valence-electron chi connectivity index (χ3n) is 4.64. The van der Waals surface area contributed by atoms with Crippen molar-refractivity contribution >= 4 is 23.2 Å². The zero-order valence-electron chi connectivity index (χ0n) is 17.0. The number of benzene rings is 2. The molecular weight excluding hydrogens is 400 g/mol. The molecule has 0 fully saturated rings. The lowest BCUT2D eigenvalue weighted by Gasteiger charge is -2.22. The molecule has 0 aliphatic heterocycles. The summed E-state index contributed by atoms with van der Waals surface area (Å²) in [5, 5.41) is 2.01. The zero-order valence-corrected chi connectivity index (χ0v) is 17.8. The van der Waals surface area contributed by atoms with E-state index in [1.54, 1.807) is 47.6 Å². The third kappa shape index (κ3) is 5.18. The van der Waals surface area contributed by atoms with Crippen LogP contribution in [0.25, 0.3) is 0 Å². The van der Waals surface area contributed by atoms with Crippen molar-refractivity contribution in [1.82, 2.24) is 4.90 Å². The summed E-state index contributed by atoms with van der Waals surface area (Å²) in [4.78, 5) is 26.9. The molecule has 0 spiro atoms. The lowest BCUT2D eigenvalue weighted by atomic mass is 10.1. The lowest BCUT2D eigenvalue weighted by molar-refractivity contribution is 0.0752. The van der Waals surface area contributed by atoms with Crippen molar-refractivity contribution in [3.8, 4) is 11.5 Å². The Morgan fingerprint density at radius 1 is 1.03 bits per heavy atom. The second-order valence-electron chi connectivity index (χ2n) is 6.61. The van der Waals surface area contributed by atoms with Crippen molar-refractivity contribution in [3.05, 3.63) is 81.5 Å². The average Bonchev–Trinajstić information content (AvgIpc) is 3.29. The van der Waals surface area contributed by atoms with Gasteiger partial charge in [0.05, 0.1) is 7.11 Å². The van der Waals surface area contributed by atoms with Gasteiger partial charge in [-0.15, -0.1) is 11.3 Å². The Kier molecular flexibility index (Phi) is 7.08. The van der Waals surface area contributed by atoms with Crippen LogP contribution in [0.5, 0.6) is 11.5 Å². The molecule has 0 saturated carbocycles. The molecule has 0 unspecified atom stereocenters. The Labute approximate surface area is 179 Å². The minimum absolute atomic E-state index is 0.120. The van der Waals surface area contributed by atoms with E-state index in [0.29, 0.717) is 42.3 Å². The number of carbonyl (C=O) groups excluding carboxylic acids is 2. The second kappa shape index (κ2) is 9.93. The van der Waals surface area contributed by atoms with Gasteiger partial charge in [-0.25, -0.2) is 0 Å². The molecule has 1 heterocycles. The highest BCUT2D eigenvalue weighted by atomic mass is 32.1. The van der Waals surface area contributed by atoms with Gasteiger partial charge in [0.15, 0.2) is 11.5 Å². The van der Waals surface area contributed by atoms with E-state index >= 15 is 0 Å². The fourth-order valence-corrected chi connectivity index (χ4v) is 3.60. The summed E-state index contributed by atoms with van der Waals surface area (Å²) in [7, 11) is 1.60. The highest BCUT2D eigenvalue weighted by Gasteiger charge is 2.16. The first-order valence-electron chi connectivity index (χ1n) is 9.53. The van der Waals surface area contributed by atoms with E-state index in [9.17, 15) is 9.59 Å². The molecule has 156 valence electrons. The predicted octanol–water partition coefficient (Wildman–Crippen LogP) is 4.10. The van der Waals surface area contributed by atoms with Gasteiger partial charge in [-0.2, -0.15) is 0 Å². The quantitative estimate of drug-likeness (QED) is 0.561. The van der Waals surface area contributed by atoms with Gasteiger partial charge in [0, 0.05) is 29.1 Å². The van der Waals surface area contributed by atoms with Crippen molar-refractivity contribution in [2.45, 2.75) is 20.1 Å². The summed E-state index contributed by atoms with van der Waals surface area (Å²) in [6, 6.07) is 16.0. The van der Waals surface area contributed by atoms with Crippen molar-refractivity contribution < 1.29 is 19.1 Å². The number of ether oxygens (including phenoxy) is 2. The van der Waals surface area contributed by atoms with Crippen LogP contribution in [0.4, 0.5) is 0 Å². The minimum Gasteiger partial charge on any atom is -0.493 e. The smallest absolute Gasteiger partial charge is 0.254 e. The largest absolute Gasteiger partial charge is 0.493 e. The maximum absolute atomic E-state index is 12.9. The van der Waals surface area contributed by atoms with Gasteiger partial charge in [-0.1, -0.05) is 12.1 Å². The first kappa shape index (κ1) is 21.4. The molecule has 6 nitrogen and oxygen atoms in total. The fraction of sp³-hybridized carbons (Fsp3) is 0.217. The zero-order chi connectivity index (χ0) is 21.5. The normalized spacial score (nSPS) is 10.5. The summed E-state index contributed by atoms with van der Waals surface area (Å²) in [5.41, 5.74) is 7.07. The SMILES string of the molecule is CCN(Cc1ccc(OCc2cccs2)c(OC)c1)C(=O)c1ccc(C(N)=O)cc1. The number of methoxy groups -OCH3 is 1. The van der Waals surface area contributed by atoms with Crippen LogP contribution in [0.1, 0.15) is 38.1 Å². The number of rotatable bonds is 9. The number of nitrogens with two attached hydrogens (primary N) is 1. The molecule has 0 aliphatic rings. The summed E-state index contributed by atoms with van der Waals surface area (Å²) in [6.45, 7) is 3.36. The van der Waals surface area contributed by atoms with Gasteiger partial charge in [-0.3, -0.25) is 9.59 Å². The number of thiophene rings is 1. The maximum Gasteiger partial charge on any atom is 0.254 e. The molecule has 2 aromatic carbocycles. The van der Waals surface area contributed by atoms with E-state index in [0.717, 1.165) is 10.4 Å². The third-order valence-corrected chi connectivity index (χ3v) is 5.49. The van der Waals surface area contributed by atoms with Gasteiger partial charge >= 0.3 is 0 Å². The molecule has 3 aromatic rings. The Balaban J connectivity index is 1.71. The molecule has 1 aromatic heterocycles. The van der Waals surface area contributed by atoms with Gasteiger partial charge < -0.3 is 20.1 Å². The first-order valence-corrected chi connectivity index (χ1v) is 10.4. The second-order valence-corrected chi connectivity index (χ2v) is 7.65. The first-order chi connectivity index (χ1) is 14.5. The lowest BCUT2D eigenvalue weighted by Crippen LogP contribution is -2.30. The molecule has 2 N–H and O–H groups in total. The van der Waals surface area contributed by atoms with Crippen molar-refractivity contribution in [1.29, 1.82) is 0 Å². The monoisotopic (exact) mass is 424 g/mol. The number of amides is 2. The van der Waals surface area contributed by atoms with E-state index in [4.69, 9.17) is 15.2 Å². The summed E-state index contributed by atoms with van der Waals surface area (Å²) < 4.78 is 11.4. The molecule has 0 radical (unpaired) electrons. The van der Waals surface area contributed by atoms with E-state index in [1.165, 1.54) is 0 Å². The Morgan fingerprint density at radius 2 is 1.77 bits per heavy atom. The summed E-state index contributed by atoms with van der Waals surface area (Å²) in [6.07, 6.45) is 0. The van der Waals surface area contributed by atoms with E-state index < -0.39 is 5.91 Å². The van der Waals surface area contributed by atoms with Crippen LogP contribution in [0.3, 0.4) is 0 Å². The average molecular weight is 425 g/mol. The molecular formula is C23H24N2O4S. The number of primary amides is 1. The van der Waals surface area contributed by atoms with Gasteiger partial charge in [0.1, 0.15) is 6.61 Å². The van der Waals surface area contributed by atoms with Crippen LogP contribution in [0.15, 0.2) is 60.0 Å². The Hall–Kier alpha value is -3.32. The van der Waals surface area contributed by atoms with Crippen molar-refractivity contribution in [2.24, 2.45) is 5.73 Å². The molecule has 7 heteroatoms. The Bertz CT molecular complexity index is 1000. The number of hydrogen-bond donors (Lipinski definition) is 1. The summed E-state index contributed by atoms with van der Waals surface area (Å²) >= 11 is 1.64. The van der Waals surface area contributed by atoms with Gasteiger partial charge in [0.25, 0.3) is 5.91 Å². The number of carbonyl (C=O) groups is 2. The van der Waals surface area contributed by atoms with Crippen LogP contribution >= 0.6 is 11.3 Å². The molecule has 2 amide bonds. The molecule has 30 heavy (non-hydrogen) atoms. The summed E-state index contributed by atoms with van der Waals surface area (Å²) in [5.74, 6) is 0.643. The topological polar surface area (TPSA) is 81.9 Å². The van der Waals surface area contributed by atoms with Gasteiger partial charge in [-0.05, 0) is 60.3 Å². The highest BCUT2D eigenvalue weighted by molar-refractivity contribution is 7.09. The predicted molar refractivity (Wildman–Crippen MR) is 117 cm³/mol. The van der Waals surface area contributed by atoms with Gasteiger partial charge in [0.2, 0.25) is 5.91 Å². The molecule has 3 rings (SSSR count). The number of hydrogen-bond acceptors (Lipinski definition) is 5. The minimum atomic E-state index is -0.519. The molecule has 0 bridgehead atoms. The van der Waals surface area contributed by atoms with Crippen LogP contribution in [-0.4, -0.2) is 30.4 Å². The maximum atomic E-state index is 12.9. The van der Waals surface area contributed by atoms with Crippen molar-refractivity contribution in [2.75, 3.05) is 13.7 Å². The number of nitrogens with zero attached hydrogens (tertiary/aromatic N) is 1. The highest BCUT2D eigenvalue weighted by Crippen LogP contribution is 2.30. The van der Waals surface area contributed by atoms with Crippen LogP contribution in [0, 0.1) is 0 Å². The van der Waals surface area contributed by atoms with E-state index in [2.05, 4.69) is 0 Å². The van der Waals surface area contributed by atoms with Crippen LogP contribution in [0.2, 0.25) is 0 Å². The standard InChI is InChI=1S/C23H24N2O4S/c1-3-25(23(27)18-9-7-17(8-10-18)22(24)26)14-16-6-11-20(21(13-16)28-2)29-15-19-5-4-12-30-19/h4-13H,3,14-15H2,1-2H3,(H2,24,26). The van der Waals surface area contributed by atoms with Crippen molar-refractivity contribution in [3.63, 3.8) is 0 Å². The molecule has 0 aliphatic carbocycles. The fourth-order valence-electron chi connectivity index (χ4n) is 2.98.